The molecule has 0 saturated heterocycles. The zero-order valence-corrected chi connectivity index (χ0v) is 20.3. The van der Waals surface area contributed by atoms with Crippen molar-refractivity contribution in [2.24, 2.45) is 0 Å². The summed E-state index contributed by atoms with van der Waals surface area (Å²) in [6.45, 7) is 13.5. The lowest BCUT2D eigenvalue weighted by Crippen LogP contribution is -1.99. The van der Waals surface area contributed by atoms with Crippen molar-refractivity contribution in [3.05, 3.63) is 128 Å². The van der Waals surface area contributed by atoms with Gasteiger partial charge >= 0.3 is 0 Å². The summed E-state index contributed by atoms with van der Waals surface area (Å²) in [6, 6.07) is 18.0. The predicted molar refractivity (Wildman–Crippen MR) is 151 cm³/mol. The molecule has 5 nitrogen and oxygen atoms in total. The number of rotatable bonds is 8. The average molecular weight is 462 g/mol. The van der Waals surface area contributed by atoms with E-state index in [9.17, 15) is 0 Å². The number of hydrogen-bond acceptors (Lipinski definition) is 4. The summed E-state index contributed by atoms with van der Waals surface area (Å²) in [5.74, 6) is 0.850. The molecular formula is C30H31N5. The number of nitrogens with zero attached hydrogens (tertiary/aromatic N) is 2. The van der Waals surface area contributed by atoms with Crippen LogP contribution in [0, 0.1) is 0 Å². The minimum Gasteiger partial charge on any atom is -0.388 e. The number of aromatic nitrogens is 3. The Morgan fingerprint density at radius 2 is 1.80 bits per heavy atom. The number of pyridine rings is 1. The summed E-state index contributed by atoms with van der Waals surface area (Å²) >= 11 is 0. The molecule has 0 saturated carbocycles. The van der Waals surface area contributed by atoms with Gasteiger partial charge in [-0.15, -0.1) is 0 Å². The van der Waals surface area contributed by atoms with E-state index in [1.807, 2.05) is 86.8 Å². The molecule has 0 bridgehead atoms. The Morgan fingerprint density at radius 3 is 2.40 bits per heavy atom. The Morgan fingerprint density at radius 1 is 1.03 bits per heavy atom. The van der Waals surface area contributed by atoms with Crippen LogP contribution < -0.4 is 10.6 Å². The van der Waals surface area contributed by atoms with Crippen molar-refractivity contribution in [2.45, 2.75) is 6.92 Å². The highest BCUT2D eigenvalue weighted by atomic mass is 14.9. The summed E-state index contributed by atoms with van der Waals surface area (Å²) in [4.78, 5) is 12.0. The van der Waals surface area contributed by atoms with Gasteiger partial charge in [-0.1, -0.05) is 56.2 Å². The second kappa shape index (κ2) is 12.6. The molecule has 4 rings (SSSR count). The maximum absolute atomic E-state index is 4.69. The summed E-state index contributed by atoms with van der Waals surface area (Å²) < 4.78 is 0. The molecule has 0 aliphatic carbocycles. The Hall–Kier alpha value is -4.64. The second-order valence-corrected chi connectivity index (χ2v) is 7.59. The van der Waals surface area contributed by atoms with Gasteiger partial charge in [0.2, 0.25) is 0 Å². The number of imidazole rings is 1. The van der Waals surface area contributed by atoms with Gasteiger partial charge in [-0.2, -0.15) is 0 Å². The summed E-state index contributed by atoms with van der Waals surface area (Å²) in [7, 11) is 1.91. The molecule has 0 aliphatic rings. The number of H-pyrrole nitrogens is 1. The normalized spacial score (nSPS) is 11.0. The third-order valence-corrected chi connectivity index (χ3v) is 5.18. The molecule has 5 heteroatoms. The first-order valence-corrected chi connectivity index (χ1v) is 11.3. The van der Waals surface area contributed by atoms with Gasteiger partial charge in [0.1, 0.15) is 5.82 Å². The van der Waals surface area contributed by atoms with Crippen LogP contribution in [0.3, 0.4) is 0 Å². The van der Waals surface area contributed by atoms with E-state index < -0.39 is 0 Å². The highest BCUT2D eigenvalue weighted by Gasteiger charge is 2.07. The molecule has 176 valence electrons. The topological polar surface area (TPSA) is 65.6 Å². The standard InChI is InChI=1S/C23H24N4.C7H7N/c1-5-7-8-17(6-2)16(3)25-20-13-14-21-22(15-20)27-23(26-21)18-9-11-19(24-4)12-10-18;1-2-7-4-3-5-8-6-7/h5-15,24-25H,2-3H2,1,4H3,(H,26,27);2-6H,1H2/b7-5-,17-8+;. The number of allylic oxidation sites excluding steroid dienone is 4. The van der Waals surface area contributed by atoms with Crippen molar-refractivity contribution in [1.29, 1.82) is 0 Å². The fourth-order valence-electron chi connectivity index (χ4n) is 3.25. The van der Waals surface area contributed by atoms with Crippen LogP contribution in [0.2, 0.25) is 0 Å². The highest BCUT2D eigenvalue weighted by molar-refractivity contribution is 5.83. The van der Waals surface area contributed by atoms with E-state index in [0.717, 1.165) is 50.6 Å². The van der Waals surface area contributed by atoms with E-state index in [0.29, 0.717) is 0 Å². The number of fused-ring (bicyclic) bond motifs is 1. The Bertz CT molecular complexity index is 1340. The van der Waals surface area contributed by atoms with Crippen LogP contribution in [-0.2, 0) is 0 Å². The Kier molecular flexibility index (Phi) is 8.97. The van der Waals surface area contributed by atoms with Crippen LogP contribution >= 0.6 is 0 Å². The van der Waals surface area contributed by atoms with Crippen molar-refractivity contribution in [3.63, 3.8) is 0 Å². The SMILES string of the molecule is C=C/C(=C\C=C/C)C(=C)Nc1ccc2nc(-c3ccc(NC)cc3)[nH]c2c1.C=Cc1cccnc1. The quantitative estimate of drug-likeness (QED) is 0.236. The van der Waals surface area contributed by atoms with Crippen molar-refractivity contribution in [2.75, 3.05) is 17.7 Å². The third kappa shape index (κ3) is 6.92. The van der Waals surface area contributed by atoms with Crippen molar-refractivity contribution >= 4 is 28.5 Å². The van der Waals surface area contributed by atoms with Crippen molar-refractivity contribution in [1.82, 2.24) is 15.0 Å². The van der Waals surface area contributed by atoms with E-state index in [1.165, 1.54) is 0 Å². The summed E-state index contributed by atoms with van der Waals surface area (Å²) in [5.41, 5.74) is 7.77. The smallest absolute Gasteiger partial charge is 0.138 e. The monoisotopic (exact) mass is 461 g/mol. The second-order valence-electron chi connectivity index (χ2n) is 7.59. The van der Waals surface area contributed by atoms with E-state index in [-0.39, 0.29) is 0 Å². The van der Waals surface area contributed by atoms with E-state index in [4.69, 9.17) is 0 Å². The molecule has 3 N–H and O–H groups in total. The average Bonchev–Trinajstić information content (AvgIpc) is 3.33. The molecular weight excluding hydrogens is 430 g/mol. The molecule has 0 unspecified atom stereocenters. The first-order chi connectivity index (χ1) is 17.1. The first-order valence-electron chi connectivity index (χ1n) is 11.3. The van der Waals surface area contributed by atoms with Crippen LogP contribution in [0.15, 0.2) is 122 Å². The molecule has 0 atom stereocenters. The van der Waals surface area contributed by atoms with Crippen molar-refractivity contribution < 1.29 is 0 Å². The number of nitrogens with one attached hydrogen (secondary N) is 3. The zero-order chi connectivity index (χ0) is 25.0. The third-order valence-electron chi connectivity index (χ3n) is 5.18. The Balaban J connectivity index is 0.000000363. The number of hydrogen-bond donors (Lipinski definition) is 3. The maximum Gasteiger partial charge on any atom is 0.138 e. The van der Waals surface area contributed by atoms with Gasteiger partial charge < -0.3 is 15.6 Å². The fourth-order valence-corrected chi connectivity index (χ4v) is 3.25. The molecule has 0 spiro atoms. The zero-order valence-electron chi connectivity index (χ0n) is 20.3. The molecule has 2 heterocycles. The molecule has 0 amide bonds. The van der Waals surface area contributed by atoms with Crippen LogP contribution in [-0.4, -0.2) is 22.0 Å². The van der Waals surface area contributed by atoms with Crippen LogP contribution in [0.5, 0.6) is 0 Å². The minimum atomic E-state index is 0.796. The van der Waals surface area contributed by atoms with Gasteiger partial charge in [-0.3, -0.25) is 4.98 Å². The fraction of sp³-hybridized carbons (Fsp3) is 0.0667. The van der Waals surface area contributed by atoms with Gasteiger partial charge in [0.05, 0.1) is 11.0 Å². The van der Waals surface area contributed by atoms with Crippen LogP contribution in [0.25, 0.3) is 28.5 Å². The predicted octanol–water partition coefficient (Wildman–Crippen LogP) is 7.61. The maximum atomic E-state index is 4.69. The highest BCUT2D eigenvalue weighted by Crippen LogP contribution is 2.25. The number of anilines is 2. The first kappa shape index (κ1) is 25.0. The summed E-state index contributed by atoms with van der Waals surface area (Å²) in [6.07, 6.45) is 13.0. The molecule has 0 fully saturated rings. The van der Waals surface area contributed by atoms with Crippen molar-refractivity contribution in [3.8, 4) is 11.4 Å². The van der Waals surface area contributed by atoms with Gasteiger partial charge in [0, 0.05) is 42.1 Å². The largest absolute Gasteiger partial charge is 0.388 e. The lowest BCUT2D eigenvalue weighted by atomic mass is 10.1. The molecule has 0 aliphatic heterocycles. The molecule has 2 aromatic carbocycles. The van der Waals surface area contributed by atoms with Gasteiger partial charge in [0.25, 0.3) is 0 Å². The van der Waals surface area contributed by atoms with E-state index >= 15 is 0 Å². The van der Waals surface area contributed by atoms with Gasteiger partial charge in [-0.05, 0) is 66.6 Å². The number of benzene rings is 2. The minimum absolute atomic E-state index is 0.796. The van der Waals surface area contributed by atoms with E-state index in [1.54, 1.807) is 24.5 Å². The van der Waals surface area contributed by atoms with Gasteiger partial charge in [-0.25, -0.2) is 4.98 Å². The Labute approximate surface area is 207 Å². The summed E-state index contributed by atoms with van der Waals surface area (Å²) in [5, 5.41) is 6.46. The van der Waals surface area contributed by atoms with Crippen LogP contribution in [0.4, 0.5) is 11.4 Å². The lowest BCUT2D eigenvalue weighted by Gasteiger charge is -2.10. The lowest BCUT2D eigenvalue weighted by molar-refractivity contribution is 1.32. The molecule has 4 aromatic rings. The number of aromatic amines is 1. The molecule has 2 aromatic heterocycles. The molecule has 0 radical (unpaired) electrons. The van der Waals surface area contributed by atoms with Crippen LogP contribution in [0.1, 0.15) is 12.5 Å². The molecule has 35 heavy (non-hydrogen) atoms. The van der Waals surface area contributed by atoms with E-state index in [2.05, 4.69) is 45.3 Å². The van der Waals surface area contributed by atoms with Gasteiger partial charge in [0.15, 0.2) is 0 Å².